The highest BCUT2D eigenvalue weighted by atomic mass is 32.1. The molecule has 1 aliphatic heterocycles. The number of anilines is 1. The first kappa shape index (κ1) is 39.2. The van der Waals surface area contributed by atoms with Crippen molar-refractivity contribution >= 4 is 35.3 Å². The van der Waals surface area contributed by atoms with Gasteiger partial charge in [0.15, 0.2) is 23.0 Å². The van der Waals surface area contributed by atoms with Gasteiger partial charge in [-0.1, -0.05) is 55.8 Å². The molecule has 5 rings (SSSR count). The molecule has 1 atom stereocenters. The predicted octanol–water partition coefficient (Wildman–Crippen LogP) is 10.6. The van der Waals surface area contributed by atoms with Gasteiger partial charge in [-0.25, -0.2) is 13.6 Å². The molecule has 54 heavy (non-hydrogen) atoms. The Morgan fingerprint density at radius 1 is 0.926 bits per heavy atom. The van der Waals surface area contributed by atoms with Crippen LogP contribution in [0, 0.1) is 40.9 Å². The molecule has 274 valence electrons. The van der Waals surface area contributed by atoms with Crippen molar-refractivity contribution in [3.05, 3.63) is 157 Å². The van der Waals surface area contributed by atoms with Crippen LogP contribution in [0.1, 0.15) is 66.0 Å². The quantitative estimate of drug-likeness (QED) is 0.0698. The second-order valence-electron chi connectivity index (χ2n) is 12.7. The Hall–Kier alpha value is -5.99. The number of nitrogens with zero attached hydrogens (tertiary/aromatic N) is 4. The van der Waals surface area contributed by atoms with E-state index in [1.165, 1.54) is 17.4 Å². The molecule has 0 radical (unpaired) electrons. The molecule has 1 N–H and O–H groups in total. The van der Waals surface area contributed by atoms with Gasteiger partial charge in [-0.15, -0.1) is 11.3 Å². The summed E-state index contributed by atoms with van der Waals surface area (Å²) in [5, 5.41) is 28.5. The molecule has 1 aliphatic rings. The summed E-state index contributed by atoms with van der Waals surface area (Å²) in [5.41, 5.74) is 1.63. The highest BCUT2D eigenvalue weighted by Crippen LogP contribution is 2.48. The average molecular weight is 743 g/mol. The summed E-state index contributed by atoms with van der Waals surface area (Å²) in [7, 11) is 0. The molecule has 0 saturated carbocycles. The van der Waals surface area contributed by atoms with Crippen LogP contribution >= 0.6 is 11.3 Å². The van der Waals surface area contributed by atoms with Crippen molar-refractivity contribution < 1.29 is 23.4 Å². The van der Waals surface area contributed by atoms with Crippen molar-refractivity contribution in [2.24, 2.45) is 0 Å². The number of benzene rings is 3. The Balaban J connectivity index is 1.45. The SMILES string of the molecule is [C-]#[N+]C1=C(/C=C/c2ccc(/C=C/c3ccc(N(CCCC)CCCCO)cc3OCc3ccccc3)s2)C(C)(c2ccc(F)c(F)c2)OC1=C(C#N)C#N. The normalized spacial score (nSPS) is 15.3. The lowest BCUT2D eigenvalue weighted by molar-refractivity contribution is 0.0750. The minimum atomic E-state index is -1.48. The fourth-order valence-corrected chi connectivity index (χ4v) is 6.86. The maximum atomic E-state index is 14.4. The van der Waals surface area contributed by atoms with Crippen molar-refractivity contribution in [3.63, 3.8) is 0 Å². The van der Waals surface area contributed by atoms with Gasteiger partial charge in [0.2, 0.25) is 5.70 Å². The number of unbranched alkanes of at least 4 members (excludes halogenated alkanes) is 2. The van der Waals surface area contributed by atoms with Crippen LogP contribution in [0.15, 0.2) is 108 Å². The molecule has 1 unspecified atom stereocenters. The van der Waals surface area contributed by atoms with Crippen molar-refractivity contribution in [2.75, 3.05) is 24.6 Å². The van der Waals surface area contributed by atoms with Crippen molar-refractivity contribution in [3.8, 4) is 17.9 Å². The van der Waals surface area contributed by atoms with Gasteiger partial charge in [-0.2, -0.15) is 10.5 Å². The molecular weight excluding hydrogens is 703 g/mol. The molecule has 0 fully saturated rings. The number of aliphatic hydroxyl groups is 1. The molecule has 0 saturated heterocycles. The number of hydrogen-bond acceptors (Lipinski definition) is 7. The van der Waals surface area contributed by atoms with E-state index in [0.29, 0.717) is 12.2 Å². The van der Waals surface area contributed by atoms with Crippen molar-refractivity contribution in [1.82, 2.24) is 0 Å². The minimum absolute atomic E-state index is 0.0543. The van der Waals surface area contributed by atoms with Gasteiger partial charge in [-0.3, -0.25) is 0 Å². The number of ether oxygens (including phenoxy) is 2. The van der Waals surface area contributed by atoms with Crippen LogP contribution in [-0.4, -0.2) is 24.8 Å². The topological polar surface area (TPSA) is 93.9 Å². The number of rotatable bonds is 16. The van der Waals surface area contributed by atoms with Crippen LogP contribution in [0.2, 0.25) is 0 Å². The fraction of sp³-hybridized carbons (Fsp3) is 0.250. The van der Waals surface area contributed by atoms with Crippen molar-refractivity contribution in [1.29, 1.82) is 10.5 Å². The predicted molar refractivity (Wildman–Crippen MR) is 210 cm³/mol. The molecule has 3 aromatic carbocycles. The highest BCUT2D eigenvalue weighted by Gasteiger charge is 2.44. The molecular formula is C44H40F2N4O3S. The third kappa shape index (κ3) is 9.32. The minimum Gasteiger partial charge on any atom is -0.488 e. The van der Waals surface area contributed by atoms with Gasteiger partial charge in [0.1, 0.15) is 30.1 Å². The number of halogens is 2. The smallest absolute Gasteiger partial charge is 0.237 e. The van der Waals surface area contributed by atoms with Crippen LogP contribution in [0.4, 0.5) is 14.5 Å². The zero-order chi connectivity index (χ0) is 38.5. The van der Waals surface area contributed by atoms with E-state index in [1.54, 1.807) is 31.2 Å². The molecule has 0 spiro atoms. The second-order valence-corrected chi connectivity index (χ2v) is 13.9. The standard InChI is InChI=1S/C44H40F2N4O3S/c1-4-5-23-50(24-9-10-25-51)35-16-13-32(41(27-35)52-30-31-11-7-6-8-12-31)14-17-36-18-19-37(54-36)20-21-38-42(49-3)43(33(28-47)29-48)53-44(38,2)34-15-22-39(45)40(46)26-34/h6-8,11-22,26-27,51H,4-5,9-10,23-25,30H2,1-2H3/b17-14+,21-20+. The Morgan fingerprint density at radius 2 is 1.65 bits per heavy atom. The lowest BCUT2D eigenvalue weighted by atomic mass is 9.87. The maximum Gasteiger partial charge on any atom is 0.237 e. The molecule has 0 aliphatic carbocycles. The summed E-state index contributed by atoms with van der Waals surface area (Å²) in [6.07, 6.45) is 11.2. The van der Waals surface area contributed by atoms with E-state index in [9.17, 15) is 24.4 Å². The van der Waals surface area contributed by atoms with Gasteiger partial charge in [0.05, 0.1) is 6.57 Å². The summed E-state index contributed by atoms with van der Waals surface area (Å²) < 4.78 is 40.7. The third-order valence-corrected chi connectivity index (χ3v) is 10.0. The van der Waals surface area contributed by atoms with Crippen LogP contribution in [0.3, 0.4) is 0 Å². The van der Waals surface area contributed by atoms with Crippen LogP contribution < -0.4 is 9.64 Å². The molecule has 7 nitrogen and oxygen atoms in total. The molecule has 4 aromatic rings. The maximum absolute atomic E-state index is 14.4. The van der Waals surface area contributed by atoms with Crippen LogP contribution in [0.5, 0.6) is 5.75 Å². The highest BCUT2D eigenvalue weighted by molar-refractivity contribution is 7.13. The third-order valence-electron chi connectivity index (χ3n) is 9.03. The van der Waals surface area contributed by atoms with Gasteiger partial charge in [0, 0.05) is 57.9 Å². The van der Waals surface area contributed by atoms with E-state index in [2.05, 4.69) is 34.9 Å². The van der Waals surface area contributed by atoms with E-state index in [-0.39, 0.29) is 23.6 Å². The number of thiophene rings is 1. The Labute approximate surface area is 319 Å². The van der Waals surface area contributed by atoms with Gasteiger partial charge < -0.3 is 19.5 Å². The Bertz CT molecular complexity index is 2190. The lowest BCUT2D eigenvalue weighted by Crippen LogP contribution is -2.25. The number of hydrogen-bond donors (Lipinski definition) is 1. The second kappa shape index (κ2) is 18.7. The Morgan fingerprint density at radius 3 is 2.31 bits per heavy atom. The fourth-order valence-electron chi connectivity index (χ4n) is 6.04. The van der Waals surface area contributed by atoms with Gasteiger partial charge in [-0.05, 0) is 86.4 Å². The first-order valence-corrected chi connectivity index (χ1v) is 18.5. The largest absolute Gasteiger partial charge is 0.488 e. The summed E-state index contributed by atoms with van der Waals surface area (Å²) in [6, 6.07) is 27.0. The van der Waals surface area contributed by atoms with E-state index in [4.69, 9.17) is 16.0 Å². The molecule has 0 bridgehead atoms. The zero-order valence-electron chi connectivity index (χ0n) is 30.2. The number of aliphatic hydroxyl groups excluding tert-OH is 1. The average Bonchev–Trinajstić information content (AvgIpc) is 3.77. The van der Waals surface area contributed by atoms with E-state index < -0.39 is 22.8 Å². The Kier molecular flexibility index (Phi) is 13.6. The summed E-state index contributed by atoms with van der Waals surface area (Å²) >= 11 is 1.49. The van der Waals surface area contributed by atoms with Crippen molar-refractivity contribution in [2.45, 2.75) is 51.7 Å². The van der Waals surface area contributed by atoms with Crippen LogP contribution in [-0.2, 0) is 16.9 Å². The van der Waals surface area contributed by atoms with Gasteiger partial charge in [0.25, 0.3) is 0 Å². The summed E-state index contributed by atoms with van der Waals surface area (Å²) in [5.74, 6) is -1.58. The van der Waals surface area contributed by atoms with E-state index in [0.717, 1.165) is 83.2 Å². The number of allylic oxidation sites excluding steroid dienone is 1. The molecule has 2 heterocycles. The summed E-state index contributed by atoms with van der Waals surface area (Å²) in [6.45, 7) is 14.0. The monoisotopic (exact) mass is 742 g/mol. The molecule has 1 aromatic heterocycles. The van der Waals surface area contributed by atoms with E-state index in [1.807, 2.05) is 54.6 Å². The van der Waals surface area contributed by atoms with E-state index >= 15 is 0 Å². The number of nitriles is 2. The molecule has 10 heteroatoms. The molecule has 0 amide bonds. The van der Waals surface area contributed by atoms with Crippen LogP contribution in [0.25, 0.3) is 23.1 Å². The first-order chi connectivity index (χ1) is 26.2. The van der Waals surface area contributed by atoms with Gasteiger partial charge >= 0.3 is 0 Å². The lowest BCUT2D eigenvalue weighted by Gasteiger charge is -2.28. The zero-order valence-corrected chi connectivity index (χ0v) is 31.0. The first-order valence-electron chi connectivity index (χ1n) is 17.7. The summed E-state index contributed by atoms with van der Waals surface area (Å²) in [4.78, 5) is 7.73.